The van der Waals surface area contributed by atoms with Crippen LogP contribution in [-0.4, -0.2) is 60.3 Å². The van der Waals surface area contributed by atoms with Crippen molar-refractivity contribution >= 4 is 43.5 Å². The molecule has 2 aromatic rings. The first-order chi connectivity index (χ1) is 14.3. The summed E-state index contributed by atoms with van der Waals surface area (Å²) in [5.41, 5.74) is 2.06. The summed E-state index contributed by atoms with van der Waals surface area (Å²) >= 11 is 3.07. The molecule has 30 heavy (non-hydrogen) atoms. The molecule has 11 nitrogen and oxygen atoms in total. The molecule has 0 atom stereocenters. The lowest BCUT2D eigenvalue weighted by atomic mass is 10.1. The maximum atomic E-state index is 13.7. The smallest absolute Gasteiger partial charge is 0.279 e. The molecule has 162 valence electrons. The zero-order valence-corrected chi connectivity index (χ0v) is 18.0. The van der Waals surface area contributed by atoms with Gasteiger partial charge in [0.15, 0.2) is 11.5 Å². The molecule has 1 aromatic carbocycles. The second-order valence-corrected chi connectivity index (χ2v) is 9.83. The molecule has 2 aliphatic rings. The molecule has 1 aliphatic heterocycles. The van der Waals surface area contributed by atoms with Crippen LogP contribution >= 0.6 is 15.9 Å². The van der Waals surface area contributed by atoms with Crippen molar-refractivity contribution in [2.75, 3.05) is 31.5 Å². The molecule has 1 aromatic heterocycles. The molecule has 0 spiro atoms. The van der Waals surface area contributed by atoms with Crippen LogP contribution in [0.15, 0.2) is 32.3 Å². The summed E-state index contributed by atoms with van der Waals surface area (Å²) in [4.78, 5) is 4.14. The predicted octanol–water partition coefficient (Wildman–Crippen LogP) is 1.37. The fourth-order valence-electron chi connectivity index (χ4n) is 3.16. The van der Waals surface area contributed by atoms with Gasteiger partial charge < -0.3 is 5.32 Å². The second-order valence-electron chi connectivity index (χ2n) is 7.22. The topological polar surface area (TPSA) is 145 Å². The van der Waals surface area contributed by atoms with Gasteiger partial charge in [-0.25, -0.2) is 18.7 Å². The van der Waals surface area contributed by atoms with Crippen molar-refractivity contribution in [2.24, 2.45) is 10.4 Å². The van der Waals surface area contributed by atoms with E-state index in [1.54, 1.807) is 6.07 Å². The Morgan fingerprint density at radius 3 is 2.87 bits per heavy atom. The highest BCUT2D eigenvalue weighted by Crippen LogP contribution is 2.46. The Hall–Kier alpha value is -2.13. The van der Waals surface area contributed by atoms with Crippen molar-refractivity contribution in [1.29, 1.82) is 0 Å². The van der Waals surface area contributed by atoms with Gasteiger partial charge in [0.25, 0.3) is 10.2 Å². The maximum Gasteiger partial charge on any atom is 0.279 e. The zero-order chi connectivity index (χ0) is 21.4. The summed E-state index contributed by atoms with van der Waals surface area (Å²) in [7, 11) is -3.41. The van der Waals surface area contributed by atoms with Gasteiger partial charge >= 0.3 is 0 Å². The summed E-state index contributed by atoms with van der Waals surface area (Å²) in [6.07, 6.45) is 1.73. The summed E-state index contributed by atoms with van der Waals surface area (Å²) in [6, 6.07) is 4.22. The monoisotopic (exact) mass is 503 g/mol. The van der Waals surface area contributed by atoms with Crippen LogP contribution in [0.5, 0.6) is 0 Å². The number of aliphatic imine (C=N–C) groups is 1. The van der Waals surface area contributed by atoms with Crippen molar-refractivity contribution in [3.63, 3.8) is 0 Å². The van der Waals surface area contributed by atoms with E-state index in [1.165, 1.54) is 16.4 Å². The van der Waals surface area contributed by atoms with Gasteiger partial charge in [-0.1, -0.05) is 0 Å². The number of benzene rings is 1. The molecule has 0 bridgehead atoms. The highest BCUT2D eigenvalue weighted by atomic mass is 79.9. The van der Waals surface area contributed by atoms with Crippen LogP contribution < -0.4 is 15.5 Å². The molecule has 14 heteroatoms. The van der Waals surface area contributed by atoms with Crippen LogP contribution in [0.4, 0.5) is 15.9 Å². The van der Waals surface area contributed by atoms with Crippen LogP contribution in [-0.2, 0) is 10.2 Å². The number of hydroxylamine groups is 1. The molecule has 0 unspecified atom stereocenters. The molecular formula is C16H19BrFN7O4S. The highest BCUT2D eigenvalue weighted by molar-refractivity contribution is 9.10. The van der Waals surface area contributed by atoms with E-state index in [2.05, 4.69) is 41.3 Å². The van der Waals surface area contributed by atoms with Gasteiger partial charge in [0.05, 0.1) is 10.2 Å². The summed E-state index contributed by atoms with van der Waals surface area (Å²) in [6.45, 7) is 1.68. The van der Waals surface area contributed by atoms with Gasteiger partial charge in [0, 0.05) is 37.7 Å². The normalized spacial score (nSPS) is 20.3. The Kier molecular flexibility index (Phi) is 5.76. The number of hydrogen-bond acceptors (Lipinski definition) is 8. The molecule has 0 radical (unpaired) electrons. The largest absolute Gasteiger partial charge is 0.365 e. The van der Waals surface area contributed by atoms with Gasteiger partial charge in [-0.2, -0.15) is 12.7 Å². The van der Waals surface area contributed by atoms with E-state index < -0.39 is 16.0 Å². The van der Waals surface area contributed by atoms with Gasteiger partial charge in [-0.3, -0.25) is 10.7 Å². The number of halogens is 2. The first kappa shape index (κ1) is 21.1. The minimum absolute atomic E-state index is 0.0864. The first-order valence-corrected chi connectivity index (χ1v) is 11.3. The van der Waals surface area contributed by atoms with Crippen LogP contribution in [0, 0.1) is 11.2 Å². The molecular weight excluding hydrogens is 485 g/mol. The van der Waals surface area contributed by atoms with Crippen LogP contribution in [0.2, 0.25) is 0 Å². The Morgan fingerprint density at radius 2 is 2.23 bits per heavy atom. The molecule has 1 aliphatic carbocycles. The molecule has 1 saturated heterocycles. The predicted molar refractivity (Wildman–Crippen MR) is 108 cm³/mol. The third kappa shape index (κ3) is 4.46. The Morgan fingerprint density at radius 1 is 1.43 bits per heavy atom. The molecule has 1 saturated carbocycles. The third-order valence-electron chi connectivity index (χ3n) is 5.05. The van der Waals surface area contributed by atoms with Crippen molar-refractivity contribution in [3.05, 3.63) is 34.2 Å². The Bertz CT molecular complexity index is 1070. The number of amidine groups is 1. The summed E-state index contributed by atoms with van der Waals surface area (Å²) in [5, 5.41) is 20.1. The number of hydrogen-bond donors (Lipinski definition) is 4. The minimum Gasteiger partial charge on any atom is -0.365 e. The van der Waals surface area contributed by atoms with E-state index in [4.69, 9.17) is 4.63 Å². The highest BCUT2D eigenvalue weighted by Gasteiger charge is 2.47. The van der Waals surface area contributed by atoms with E-state index in [9.17, 15) is 18.0 Å². The lowest BCUT2D eigenvalue weighted by Gasteiger charge is -2.21. The Labute approximate surface area is 180 Å². The van der Waals surface area contributed by atoms with Crippen molar-refractivity contribution in [3.8, 4) is 0 Å². The molecule has 4 N–H and O–H groups in total. The van der Waals surface area contributed by atoms with Crippen molar-refractivity contribution in [2.45, 2.75) is 12.8 Å². The summed E-state index contributed by atoms with van der Waals surface area (Å²) in [5.74, 6) is -0.370. The number of nitrogens with one attached hydrogen (secondary N) is 3. The van der Waals surface area contributed by atoms with E-state index in [0.717, 1.165) is 12.8 Å². The van der Waals surface area contributed by atoms with E-state index in [1.807, 2.05) is 5.48 Å². The number of anilines is 1. The van der Waals surface area contributed by atoms with Gasteiger partial charge in [-0.15, -0.1) is 0 Å². The van der Waals surface area contributed by atoms with Gasteiger partial charge in [0.1, 0.15) is 5.82 Å². The Balaban J connectivity index is 1.47. The lowest BCUT2D eigenvalue weighted by Crippen LogP contribution is -2.37. The molecule has 0 amide bonds. The maximum absolute atomic E-state index is 13.7. The van der Waals surface area contributed by atoms with E-state index in [-0.39, 0.29) is 32.9 Å². The van der Waals surface area contributed by atoms with Crippen LogP contribution in [0.3, 0.4) is 0 Å². The standard InChI is InChI=1S/C16H19BrFN7O4S/c17-11-2-1-10(7-12(11)18)21-15(22-26)13-14(24-29-23-13)19-8-16(3-4-16)9-25-6-5-20-30(25,27)28/h1-2,7,20,26H,3-6,8-9H2,(H,19,24)(H,21,22). The van der Waals surface area contributed by atoms with Gasteiger partial charge in [0.2, 0.25) is 5.82 Å². The fraction of sp³-hybridized carbons (Fsp3) is 0.438. The molecule has 2 fully saturated rings. The quantitative estimate of drug-likeness (QED) is 0.251. The average Bonchev–Trinajstić information content (AvgIpc) is 3.17. The minimum atomic E-state index is -3.41. The van der Waals surface area contributed by atoms with E-state index >= 15 is 0 Å². The SMILES string of the molecule is O=S1(=O)NCCN1CC1(CNc2nonc2C(=Nc2ccc(Br)c(F)c2)NO)CC1. The first-order valence-electron chi connectivity index (χ1n) is 9.07. The zero-order valence-electron chi connectivity index (χ0n) is 15.6. The number of aromatic nitrogens is 2. The van der Waals surface area contributed by atoms with Gasteiger partial charge in [-0.05, 0) is 51.2 Å². The number of rotatable bonds is 7. The van der Waals surface area contributed by atoms with Crippen molar-refractivity contribution < 1.29 is 22.6 Å². The second kappa shape index (κ2) is 8.19. The summed E-state index contributed by atoms with van der Waals surface area (Å²) < 4.78 is 46.7. The van der Waals surface area contributed by atoms with Crippen LogP contribution in [0.25, 0.3) is 0 Å². The van der Waals surface area contributed by atoms with E-state index in [0.29, 0.717) is 26.2 Å². The van der Waals surface area contributed by atoms with Crippen molar-refractivity contribution in [1.82, 2.24) is 24.8 Å². The molecule has 2 heterocycles. The molecule has 4 rings (SSSR count). The third-order valence-corrected chi connectivity index (χ3v) is 7.25. The fourth-order valence-corrected chi connectivity index (χ4v) is 4.72. The lowest BCUT2D eigenvalue weighted by molar-refractivity contribution is 0.234. The number of nitrogens with zero attached hydrogens (tertiary/aromatic N) is 4. The average molecular weight is 504 g/mol. The van der Waals surface area contributed by atoms with Crippen LogP contribution in [0.1, 0.15) is 18.5 Å².